The molecule has 0 aliphatic heterocycles. The Kier molecular flexibility index (Phi) is 6.56. The molecule has 140 valence electrons. The van der Waals surface area contributed by atoms with E-state index >= 15 is 0 Å². The van der Waals surface area contributed by atoms with E-state index < -0.39 is 16.1 Å². The zero-order valence-electron chi connectivity index (χ0n) is 15.6. The van der Waals surface area contributed by atoms with Gasteiger partial charge < -0.3 is 5.32 Å². The van der Waals surface area contributed by atoms with Gasteiger partial charge in [-0.05, 0) is 49.1 Å². The predicted molar refractivity (Wildman–Crippen MR) is 105 cm³/mol. The average Bonchev–Trinajstić information content (AvgIpc) is 2.60. The number of rotatable bonds is 7. The Morgan fingerprint density at radius 3 is 2.31 bits per heavy atom. The zero-order valence-corrected chi connectivity index (χ0v) is 16.4. The van der Waals surface area contributed by atoms with Gasteiger partial charge in [0.25, 0.3) is 0 Å². The maximum absolute atomic E-state index is 12.7. The number of sulfonamides is 1. The van der Waals surface area contributed by atoms with E-state index in [-0.39, 0.29) is 16.7 Å². The molecule has 26 heavy (non-hydrogen) atoms. The number of hydrogen-bond acceptors (Lipinski definition) is 3. The van der Waals surface area contributed by atoms with E-state index in [1.54, 1.807) is 18.2 Å². The number of amides is 1. The van der Waals surface area contributed by atoms with Crippen LogP contribution in [-0.2, 0) is 21.2 Å². The molecule has 1 amide bonds. The van der Waals surface area contributed by atoms with E-state index in [1.165, 1.54) is 12.1 Å². The van der Waals surface area contributed by atoms with Gasteiger partial charge in [-0.3, -0.25) is 4.79 Å². The van der Waals surface area contributed by atoms with Crippen LogP contribution in [0.1, 0.15) is 31.9 Å². The Bertz CT molecular complexity index is 859. The van der Waals surface area contributed by atoms with E-state index in [2.05, 4.69) is 10.0 Å². The molecule has 0 spiro atoms. The number of aryl methyl sites for hydroxylation is 2. The fourth-order valence-corrected chi connectivity index (χ4v) is 3.88. The number of nitrogens with one attached hydrogen (secondary N) is 2. The summed E-state index contributed by atoms with van der Waals surface area (Å²) in [6, 6.07) is 13.2. The largest absolute Gasteiger partial charge is 0.325 e. The van der Waals surface area contributed by atoms with Gasteiger partial charge in [0.05, 0.1) is 4.90 Å². The standard InChI is InChI=1S/C20H26N2O3S/c1-5-16-7-6-8-17(13-16)21-20(23)19(14(2)3)22-26(24,25)18-11-9-15(4)10-12-18/h6-14,19,22H,5H2,1-4H3,(H,21,23)/t19-/m1/s1. The third kappa shape index (κ3) is 5.16. The van der Waals surface area contributed by atoms with Gasteiger partial charge in [0.1, 0.15) is 6.04 Å². The normalized spacial score (nSPS) is 12.8. The Labute approximate surface area is 155 Å². The van der Waals surface area contributed by atoms with Crippen LogP contribution in [0, 0.1) is 12.8 Å². The third-order valence-corrected chi connectivity index (χ3v) is 5.62. The average molecular weight is 375 g/mol. The molecule has 0 saturated carbocycles. The maximum Gasteiger partial charge on any atom is 0.242 e. The van der Waals surface area contributed by atoms with Crippen molar-refractivity contribution in [1.29, 1.82) is 0 Å². The summed E-state index contributed by atoms with van der Waals surface area (Å²) in [6.45, 7) is 7.54. The van der Waals surface area contributed by atoms with Gasteiger partial charge in [0.2, 0.25) is 15.9 Å². The first-order chi connectivity index (χ1) is 12.2. The summed E-state index contributed by atoms with van der Waals surface area (Å²) >= 11 is 0. The Hall–Kier alpha value is -2.18. The van der Waals surface area contributed by atoms with Gasteiger partial charge in [-0.2, -0.15) is 4.72 Å². The number of carbonyl (C=O) groups is 1. The van der Waals surface area contributed by atoms with E-state index in [0.717, 1.165) is 17.5 Å². The number of benzene rings is 2. The number of hydrogen-bond donors (Lipinski definition) is 2. The third-order valence-electron chi connectivity index (χ3n) is 4.17. The highest BCUT2D eigenvalue weighted by molar-refractivity contribution is 7.89. The molecule has 6 heteroatoms. The molecular weight excluding hydrogens is 348 g/mol. The minimum atomic E-state index is -3.78. The van der Waals surface area contributed by atoms with Crippen molar-refractivity contribution in [1.82, 2.24) is 4.72 Å². The second-order valence-corrected chi connectivity index (χ2v) is 8.41. The molecule has 0 unspecified atom stereocenters. The van der Waals surface area contributed by atoms with Crippen molar-refractivity contribution in [2.45, 2.75) is 45.1 Å². The molecular formula is C20H26N2O3S. The highest BCUT2D eigenvalue weighted by atomic mass is 32.2. The minimum Gasteiger partial charge on any atom is -0.325 e. The summed E-state index contributed by atoms with van der Waals surface area (Å²) in [5, 5.41) is 2.82. The van der Waals surface area contributed by atoms with Crippen LogP contribution in [0.4, 0.5) is 5.69 Å². The Balaban J connectivity index is 2.19. The summed E-state index contributed by atoms with van der Waals surface area (Å²) in [6.07, 6.45) is 0.859. The van der Waals surface area contributed by atoms with Crippen molar-refractivity contribution >= 4 is 21.6 Å². The second-order valence-electron chi connectivity index (χ2n) is 6.70. The predicted octanol–water partition coefficient (Wildman–Crippen LogP) is 3.50. The van der Waals surface area contributed by atoms with Gasteiger partial charge in [0.15, 0.2) is 0 Å². The van der Waals surface area contributed by atoms with Crippen molar-refractivity contribution in [2.75, 3.05) is 5.32 Å². The molecule has 0 aliphatic carbocycles. The zero-order chi connectivity index (χ0) is 19.3. The van der Waals surface area contributed by atoms with E-state index in [4.69, 9.17) is 0 Å². The number of carbonyl (C=O) groups excluding carboxylic acids is 1. The monoisotopic (exact) mass is 374 g/mol. The molecule has 0 saturated heterocycles. The summed E-state index contributed by atoms with van der Waals surface area (Å²) in [5.41, 5.74) is 2.73. The van der Waals surface area contributed by atoms with Gasteiger partial charge in [-0.25, -0.2) is 8.42 Å². The fraction of sp³-hybridized carbons (Fsp3) is 0.350. The van der Waals surface area contributed by atoms with Crippen LogP contribution in [0.3, 0.4) is 0 Å². The van der Waals surface area contributed by atoms with Gasteiger partial charge in [-0.15, -0.1) is 0 Å². The molecule has 2 aromatic rings. The summed E-state index contributed by atoms with van der Waals surface area (Å²) in [4.78, 5) is 12.8. The van der Waals surface area contributed by atoms with Crippen molar-refractivity contribution in [3.05, 3.63) is 59.7 Å². The summed E-state index contributed by atoms with van der Waals surface area (Å²) < 4.78 is 27.8. The highest BCUT2D eigenvalue weighted by Gasteiger charge is 2.28. The van der Waals surface area contributed by atoms with Crippen molar-refractivity contribution in [3.63, 3.8) is 0 Å². The van der Waals surface area contributed by atoms with Crippen molar-refractivity contribution in [3.8, 4) is 0 Å². The highest BCUT2D eigenvalue weighted by Crippen LogP contribution is 2.16. The van der Waals surface area contributed by atoms with E-state index in [9.17, 15) is 13.2 Å². The van der Waals surface area contributed by atoms with Crippen LogP contribution in [0.2, 0.25) is 0 Å². The fourth-order valence-electron chi connectivity index (χ4n) is 2.53. The first kappa shape index (κ1) is 20.1. The van der Waals surface area contributed by atoms with Gasteiger partial charge in [0, 0.05) is 5.69 Å². The van der Waals surface area contributed by atoms with Gasteiger partial charge >= 0.3 is 0 Å². The lowest BCUT2D eigenvalue weighted by atomic mass is 10.0. The molecule has 1 atom stereocenters. The topological polar surface area (TPSA) is 75.3 Å². The van der Waals surface area contributed by atoms with Gasteiger partial charge in [-0.1, -0.05) is 50.6 Å². The van der Waals surface area contributed by atoms with E-state index in [1.807, 2.05) is 45.9 Å². The van der Waals surface area contributed by atoms with Crippen molar-refractivity contribution in [2.24, 2.45) is 5.92 Å². The van der Waals surface area contributed by atoms with Crippen LogP contribution < -0.4 is 10.0 Å². The molecule has 0 bridgehead atoms. The Morgan fingerprint density at radius 1 is 1.08 bits per heavy atom. The molecule has 5 nitrogen and oxygen atoms in total. The maximum atomic E-state index is 12.7. The molecule has 2 aromatic carbocycles. The van der Waals surface area contributed by atoms with Crippen LogP contribution in [0.5, 0.6) is 0 Å². The van der Waals surface area contributed by atoms with Crippen LogP contribution in [-0.4, -0.2) is 20.4 Å². The number of anilines is 1. The smallest absolute Gasteiger partial charge is 0.242 e. The van der Waals surface area contributed by atoms with E-state index in [0.29, 0.717) is 5.69 Å². The molecule has 0 heterocycles. The molecule has 0 fully saturated rings. The second kappa shape index (κ2) is 8.47. The SMILES string of the molecule is CCc1cccc(NC(=O)[C@H](NS(=O)(=O)c2ccc(C)cc2)C(C)C)c1. The molecule has 0 aliphatic rings. The lowest BCUT2D eigenvalue weighted by Crippen LogP contribution is -2.47. The lowest BCUT2D eigenvalue weighted by Gasteiger charge is -2.22. The molecule has 0 radical (unpaired) electrons. The first-order valence-corrected chi connectivity index (χ1v) is 10.2. The lowest BCUT2D eigenvalue weighted by molar-refractivity contribution is -0.118. The molecule has 2 rings (SSSR count). The minimum absolute atomic E-state index is 0.148. The van der Waals surface area contributed by atoms with Crippen LogP contribution in [0.25, 0.3) is 0 Å². The molecule has 2 N–H and O–H groups in total. The summed E-state index contributed by atoms with van der Waals surface area (Å²) in [7, 11) is -3.78. The quantitative estimate of drug-likeness (QED) is 0.779. The molecule has 0 aromatic heterocycles. The van der Waals surface area contributed by atoms with Crippen LogP contribution >= 0.6 is 0 Å². The first-order valence-electron chi connectivity index (χ1n) is 8.71. The summed E-state index contributed by atoms with van der Waals surface area (Å²) in [5.74, 6) is -0.575. The van der Waals surface area contributed by atoms with Crippen molar-refractivity contribution < 1.29 is 13.2 Å². The Morgan fingerprint density at radius 2 is 1.73 bits per heavy atom. The van der Waals surface area contributed by atoms with Crippen LogP contribution in [0.15, 0.2) is 53.4 Å².